The molecule has 2 saturated heterocycles. The standard InChI is InChI=1S/C13H21N3O/c1-16-6-3-10(4-7-16)13-15-12(9-17-13)11-2-5-14-8-11/h9-11,14H,2-8H2,1H3. The molecular weight excluding hydrogens is 214 g/mol. The van der Waals surface area contributed by atoms with E-state index in [-0.39, 0.29) is 0 Å². The highest BCUT2D eigenvalue weighted by atomic mass is 16.3. The number of likely N-dealkylation sites (tertiary alicyclic amines) is 1. The van der Waals surface area contributed by atoms with Crippen molar-refractivity contribution in [3.63, 3.8) is 0 Å². The SMILES string of the molecule is CN1CCC(c2nc(C3CCNC3)co2)CC1. The number of aromatic nitrogens is 1. The first-order chi connectivity index (χ1) is 8.33. The molecular formula is C13H21N3O. The summed E-state index contributed by atoms with van der Waals surface area (Å²) in [7, 11) is 2.18. The fourth-order valence-corrected chi connectivity index (χ4v) is 2.84. The third-order valence-electron chi connectivity index (χ3n) is 4.09. The smallest absolute Gasteiger partial charge is 0.197 e. The quantitative estimate of drug-likeness (QED) is 0.844. The molecule has 0 bridgehead atoms. The maximum Gasteiger partial charge on any atom is 0.197 e. The highest BCUT2D eigenvalue weighted by Crippen LogP contribution is 2.29. The van der Waals surface area contributed by atoms with Gasteiger partial charge in [0.25, 0.3) is 0 Å². The largest absolute Gasteiger partial charge is 0.448 e. The van der Waals surface area contributed by atoms with Crippen LogP contribution in [-0.2, 0) is 0 Å². The summed E-state index contributed by atoms with van der Waals surface area (Å²) in [5.41, 5.74) is 1.16. The Kier molecular flexibility index (Phi) is 3.16. The van der Waals surface area contributed by atoms with Gasteiger partial charge in [-0.2, -0.15) is 0 Å². The van der Waals surface area contributed by atoms with Crippen LogP contribution < -0.4 is 5.32 Å². The molecule has 1 N–H and O–H groups in total. The van der Waals surface area contributed by atoms with E-state index in [0.29, 0.717) is 11.8 Å². The van der Waals surface area contributed by atoms with Crippen LogP contribution in [0.15, 0.2) is 10.7 Å². The van der Waals surface area contributed by atoms with Crippen molar-refractivity contribution in [2.45, 2.75) is 31.1 Å². The second-order valence-corrected chi connectivity index (χ2v) is 5.38. The Balaban J connectivity index is 1.67. The number of nitrogens with one attached hydrogen (secondary N) is 1. The van der Waals surface area contributed by atoms with Crippen LogP contribution in [0.25, 0.3) is 0 Å². The number of oxazole rings is 1. The Hall–Kier alpha value is -0.870. The van der Waals surface area contributed by atoms with Gasteiger partial charge in [-0.3, -0.25) is 0 Å². The average molecular weight is 235 g/mol. The summed E-state index contributed by atoms with van der Waals surface area (Å²) >= 11 is 0. The first-order valence-corrected chi connectivity index (χ1v) is 6.67. The summed E-state index contributed by atoms with van der Waals surface area (Å²) in [4.78, 5) is 7.09. The predicted octanol–water partition coefficient (Wildman–Crippen LogP) is 1.56. The van der Waals surface area contributed by atoms with Crippen molar-refractivity contribution >= 4 is 0 Å². The van der Waals surface area contributed by atoms with Crippen LogP contribution in [0.3, 0.4) is 0 Å². The molecule has 1 unspecified atom stereocenters. The van der Waals surface area contributed by atoms with Crippen molar-refractivity contribution in [2.24, 2.45) is 0 Å². The summed E-state index contributed by atoms with van der Waals surface area (Å²) < 4.78 is 5.69. The molecule has 0 saturated carbocycles. The molecule has 0 aliphatic carbocycles. The molecule has 0 spiro atoms. The minimum Gasteiger partial charge on any atom is -0.448 e. The Morgan fingerprint density at radius 3 is 2.82 bits per heavy atom. The third kappa shape index (κ3) is 2.38. The zero-order valence-electron chi connectivity index (χ0n) is 10.5. The Bertz CT molecular complexity index is 362. The van der Waals surface area contributed by atoms with Crippen molar-refractivity contribution in [3.8, 4) is 0 Å². The molecule has 4 nitrogen and oxygen atoms in total. The second-order valence-electron chi connectivity index (χ2n) is 5.38. The van der Waals surface area contributed by atoms with Crippen LogP contribution in [0.1, 0.15) is 42.7 Å². The monoisotopic (exact) mass is 235 g/mol. The van der Waals surface area contributed by atoms with Crippen molar-refractivity contribution in [1.29, 1.82) is 0 Å². The van der Waals surface area contributed by atoms with Crippen molar-refractivity contribution in [1.82, 2.24) is 15.2 Å². The van der Waals surface area contributed by atoms with Crippen molar-refractivity contribution < 1.29 is 4.42 Å². The number of rotatable bonds is 2. The Labute approximate surface area is 102 Å². The summed E-state index contributed by atoms with van der Waals surface area (Å²) in [6.45, 7) is 4.49. The minimum absolute atomic E-state index is 0.536. The van der Waals surface area contributed by atoms with Gasteiger partial charge in [0.05, 0.1) is 5.69 Å². The van der Waals surface area contributed by atoms with Gasteiger partial charge in [0.1, 0.15) is 6.26 Å². The first-order valence-electron chi connectivity index (χ1n) is 6.67. The molecule has 94 valence electrons. The van der Waals surface area contributed by atoms with E-state index in [0.717, 1.165) is 37.8 Å². The molecule has 1 aromatic rings. The van der Waals surface area contributed by atoms with Gasteiger partial charge in [0, 0.05) is 18.4 Å². The van der Waals surface area contributed by atoms with Crippen molar-refractivity contribution in [3.05, 3.63) is 17.8 Å². The maximum atomic E-state index is 5.69. The Morgan fingerprint density at radius 2 is 2.12 bits per heavy atom. The lowest BCUT2D eigenvalue weighted by atomic mass is 9.97. The summed E-state index contributed by atoms with van der Waals surface area (Å²) in [6, 6.07) is 0. The van der Waals surface area contributed by atoms with Crippen LogP contribution in [0.5, 0.6) is 0 Å². The van der Waals surface area contributed by atoms with E-state index in [1.807, 2.05) is 6.26 Å². The van der Waals surface area contributed by atoms with Gasteiger partial charge in [0.15, 0.2) is 5.89 Å². The molecule has 0 amide bonds. The number of hydrogen-bond donors (Lipinski definition) is 1. The van der Waals surface area contributed by atoms with E-state index in [1.54, 1.807) is 0 Å². The van der Waals surface area contributed by atoms with Gasteiger partial charge in [-0.1, -0.05) is 0 Å². The minimum atomic E-state index is 0.536. The van der Waals surface area contributed by atoms with E-state index < -0.39 is 0 Å². The van der Waals surface area contributed by atoms with Gasteiger partial charge in [-0.25, -0.2) is 4.98 Å². The zero-order valence-corrected chi connectivity index (χ0v) is 10.5. The highest BCUT2D eigenvalue weighted by molar-refractivity contribution is 5.09. The summed E-state index contributed by atoms with van der Waals surface area (Å²) in [5, 5.41) is 3.38. The molecule has 0 aromatic carbocycles. The molecule has 1 aromatic heterocycles. The molecule has 4 heteroatoms. The number of nitrogens with zero attached hydrogens (tertiary/aromatic N) is 2. The van der Waals surface area contributed by atoms with Crippen LogP contribution in [0, 0.1) is 0 Å². The van der Waals surface area contributed by atoms with Crippen LogP contribution in [0.2, 0.25) is 0 Å². The fourth-order valence-electron chi connectivity index (χ4n) is 2.84. The van der Waals surface area contributed by atoms with Gasteiger partial charge in [-0.15, -0.1) is 0 Å². The van der Waals surface area contributed by atoms with E-state index in [2.05, 4.69) is 17.3 Å². The van der Waals surface area contributed by atoms with Crippen LogP contribution in [0.4, 0.5) is 0 Å². The molecule has 17 heavy (non-hydrogen) atoms. The number of piperidine rings is 1. The van der Waals surface area contributed by atoms with Gasteiger partial charge < -0.3 is 14.6 Å². The lowest BCUT2D eigenvalue weighted by molar-refractivity contribution is 0.237. The van der Waals surface area contributed by atoms with Crippen LogP contribution >= 0.6 is 0 Å². The predicted molar refractivity (Wildman–Crippen MR) is 66.2 cm³/mol. The van der Waals surface area contributed by atoms with Crippen molar-refractivity contribution in [2.75, 3.05) is 33.2 Å². The highest BCUT2D eigenvalue weighted by Gasteiger charge is 2.25. The average Bonchev–Trinajstić information content (AvgIpc) is 3.00. The fraction of sp³-hybridized carbons (Fsp3) is 0.769. The van der Waals surface area contributed by atoms with E-state index >= 15 is 0 Å². The zero-order chi connectivity index (χ0) is 11.7. The molecule has 2 aliphatic heterocycles. The maximum absolute atomic E-state index is 5.69. The van der Waals surface area contributed by atoms with E-state index in [1.165, 1.54) is 19.3 Å². The molecule has 2 aliphatic rings. The van der Waals surface area contributed by atoms with Gasteiger partial charge in [-0.05, 0) is 45.9 Å². The van der Waals surface area contributed by atoms with E-state index in [4.69, 9.17) is 9.40 Å². The second kappa shape index (κ2) is 4.78. The number of hydrogen-bond acceptors (Lipinski definition) is 4. The lowest BCUT2D eigenvalue weighted by Gasteiger charge is -2.26. The lowest BCUT2D eigenvalue weighted by Crippen LogP contribution is -2.29. The molecule has 0 radical (unpaired) electrons. The van der Waals surface area contributed by atoms with E-state index in [9.17, 15) is 0 Å². The normalized spacial score (nSPS) is 27.7. The Morgan fingerprint density at radius 1 is 1.29 bits per heavy atom. The molecule has 2 fully saturated rings. The molecule has 1 atom stereocenters. The van der Waals surface area contributed by atoms with Gasteiger partial charge in [0.2, 0.25) is 0 Å². The summed E-state index contributed by atoms with van der Waals surface area (Å²) in [5.74, 6) is 2.08. The first kappa shape index (κ1) is 11.2. The molecule has 3 rings (SSSR count). The third-order valence-corrected chi connectivity index (χ3v) is 4.09. The topological polar surface area (TPSA) is 41.3 Å². The summed E-state index contributed by atoms with van der Waals surface area (Å²) in [6.07, 6.45) is 5.43. The van der Waals surface area contributed by atoms with Gasteiger partial charge >= 0.3 is 0 Å². The molecule has 3 heterocycles. The van der Waals surface area contributed by atoms with Crippen LogP contribution in [-0.4, -0.2) is 43.1 Å².